The summed E-state index contributed by atoms with van der Waals surface area (Å²) >= 11 is 0. The third-order valence-corrected chi connectivity index (χ3v) is 3.39. The number of hydrogen-bond acceptors (Lipinski definition) is 5. The molecule has 6 nitrogen and oxygen atoms in total. The molecule has 8 heteroatoms. The van der Waals surface area contributed by atoms with Gasteiger partial charge in [0.05, 0.1) is 25.6 Å². The van der Waals surface area contributed by atoms with Crippen LogP contribution in [0.4, 0.5) is 20.3 Å². The SMILES string of the molecule is O=C(c1cnc(Nc2c(F)cccc2F)cn1)N1CCOCC1. The minimum atomic E-state index is -0.736. The Morgan fingerprint density at radius 2 is 1.83 bits per heavy atom. The average molecular weight is 320 g/mol. The van der Waals surface area contributed by atoms with Gasteiger partial charge in [0.25, 0.3) is 5.91 Å². The van der Waals surface area contributed by atoms with Gasteiger partial charge >= 0.3 is 0 Å². The molecule has 120 valence electrons. The predicted molar refractivity (Wildman–Crippen MR) is 78.4 cm³/mol. The molecule has 0 saturated carbocycles. The van der Waals surface area contributed by atoms with Crippen molar-refractivity contribution in [3.05, 3.63) is 47.9 Å². The molecule has 1 aromatic heterocycles. The molecule has 1 saturated heterocycles. The third kappa shape index (κ3) is 3.42. The number of carbonyl (C=O) groups is 1. The summed E-state index contributed by atoms with van der Waals surface area (Å²) in [5.41, 5.74) is -0.138. The first kappa shape index (κ1) is 15.3. The Bertz CT molecular complexity index is 683. The van der Waals surface area contributed by atoms with Gasteiger partial charge < -0.3 is 15.0 Å². The maximum atomic E-state index is 13.6. The van der Waals surface area contributed by atoms with E-state index in [1.165, 1.54) is 18.5 Å². The zero-order valence-electron chi connectivity index (χ0n) is 12.1. The number of anilines is 2. The second-order valence-electron chi connectivity index (χ2n) is 4.91. The Labute approximate surface area is 131 Å². The zero-order chi connectivity index (χ0) is 16.2. The Balaban J connectivity index is 1.73. The summed E-state index contributed by atoms with van der Waals surface area (Å²) in [5, 5.41) is 2.52. The van der Waals surface area contributed by atoms with Gasteiger partial charge in [0.1, 0.15) is 28.8 Å². The Morgan fingerprint density at radius 3 is 2.43 bits per heavy atom. The van der Waals surface area contributed by atoms with Crippen LogP contribution in [-0.4, -0.2) is 47.1 Å². The van der Waals surface area contributed by atoms with Crippen LogP contribution in [0.5, 0.6) is 0 Å². The van der Waals surface area contributed by atoms with Gasteiger partial charge in [-0.15, -0.1) is 0 Å². The lowest BCUT2D eigenvalue weighted by atomic mass is 10.3. The fourth-order valence-electron chi connectivity index (χ4n) is 2.18. The van der Waals surface area contributed by atoms with Crippen LogP contribution < -0.4 is 5.32 Å². The molecule has 1 fully saturated rings. The van der Waals surface area contributed by atoms with E-state index in [2.05, 4.69) is 15.3 Å². The summed E-state index contributed by atoms with van der Waals surface area (Å²) in [5.74, 6) is -1.57. The Hall–Kier alpha value is -2.61. The van der Waals surface area contributed by atoms with Crippen molar-refractivity contribution in [3.8, 4) is 0 Å². The first-order valence-electron chi connectivity index (χ1n) is 7.05. The van der Waals surface area contributed by atoms with Crippen LogP contribution in [-0.2, 0) is 4.74 Å². The third-order valence-electron chi connectivity index (χ3n) is 3.39. The molecule has 1 aliphatic heterocycles. The van der Waals surface area contributed by atoms with E-state index in [-0.39, 0.29) is 23.1 Å². The smallest absolute Gasteiger partial charge is 0.274 e. The molecule has 0 atom stereocenters. The maximum Gasteiger partial charge on any atom is 0.274 e. The summed E-state index contributed by atoms with van der Waals surface area (Å²) in [7, 11) is 0. The minimum Gasteiger partial charge on any atom is -0.378 e. The molecule has 0 radical (unpaired) electrons. The van der Waals surface area contributed by atoms with Gasteiger partial charge in [-0.2, -0.15) is 0 Å². The number of benzene rings is 1. The summed E-state index contributed by atoms with van der Waals surface area (Å²) in [6, 6.07) is 3.54. The van der Waals surface area contributed by atoms with Crippen LogP contribution >= 0.6 is 0 Å². The van der Waals surface area contributed by atoms with E-state index in [4.69, 9.17) is 4.74 Å². The molecule has 23 heavy (non-hydrogen) atoms. The highest BCUT2D eigenvalue weighted by atomic mass is 19.1. The molecule has 1 aliphatic rings. The zero-order valence-corrected chi connectivity index (χ0v) is 12.1. The highest BCUT2D eigenvalue weighted by Gasteiger charge is 2.20. The second-order valence-corrected chi connectivity index (χ2v) is 4.91. The molecule has 3 rings (SSSR count). The van der Waals surface area contributed by atoms with Crippen LogP contribution in [0.25, 0.3) is 0 Å². The van der Waals surface area contributed by atoms with Crippen LogP contribution in [0, 0.1) is 11.6 Å². The Morgan fingerprint density at radius 1 is 1.13 bits per heavy atom. The monoisotopic (exact) mass is 320 g/mol. The normalized spacial score (nSPS) is 14.6. The van der Waals surface area contributed by atoms with E-state index >= 15 is 0 Å². The van der Waals surface area contributed by atoms with E-state index in [0.29, 0.717) is 26.3 Å². The van der Waals surface area contributed by atoms with Crippen LogP contribution in [0.3, 0.4) is 0 Å². The van der Waals surface area contributed by atoms with Crippen molar-refractivity contribution < 1.29 is 18.3 Å². The number of carbonyl (C=O) groups excluding carboxylic acids is 1. The standard InChI is InChI=1S/C15H14F2N4O2/c16-10-2-1-3-11(17)14(10)20-13-9-18-12(8-19-13)15(22)21-4-6-23-7-5-21/h1-3,8-9H,4-7H2,(H,19,20). The number of nitrogens with zero attached hydrogens (tertiary/aromatic N) is 3. The van der Waals surface area contributed by atoms with Gasteiger partial charge in [0, 0.05) is 13.1 Å². The number of para-hydroxylation sites is 1. The summed E-state index contributed by atoms with van der Waals surface area (Å²) in [6.07, 6.45) is 2.54. The fourth-order valence-corrected chi connectivity index (χ4v) is 2.18. The molecule has 0 spiro atoms. The van der Waals surface area contributed by atoms with Crippen LogP contribution in [0.1, 0.15) is 10.5 Å². The number of ether oxygens (including phenoxy) is 1. The average Bonchev–Trinajstić information content (AvgIpc) is 2.59. The highest BCUT2D eigenvalue weighted by Crippen LogP contribution is 2.21. The number of nitrogens with one attached hydrogen (secondary N) is 1. The van der Waals surface area contributed by atoms with Gasteiger partial charge in [0.2, 0.25) is 0 Å². The van der Waals surface area contributed by atoms with Crippen molar-refractivity contribution in [1.82, 2.24) is 14.9 Å². The molecular weight excluding hydrogens is 306 g/mol. The van der Waals surface area contributed by atoms with Crippen molar-refractivity contribution in [2.24, 2.45) is 0 Å². The molecule has 2 heterocycles. The molecular formula is C15H14F2N4O2. The van der Waals surface area contributed by atoms with E-state index in [1.807, 2.05) is 0 Å². The fraction of sp³-hybridized carbons (Fsp3) is 0.267. The number of rotatable bonds is 3. The molecule has 2 aromatic rings. The lowest BCUT2D eigenvalue weighted by Crippen LogP contribution is -2.41. The van der Waals surface area contributed by atoms with Crippen LogP contribution in [0.2, 0.25) is 0 Å². The minimum absolute atomic E-state index is 0.146. The second kappa shape index (κ2) is 6.66. The van der Waals surface area contributed by atoms with E-state index in [9.17, 15) is 13.6 Å². The molecule has 0 aliphatic carbocycles. The molecule has 1 N–H and O–H groups in total. The van der Waals surface area contributed by atoms with Crippen molar-refractivity contribution in [3.63, 3.8) is 0 Å². The van der Waals surface area contributed by atoms with E-state index < -0.39 is 11.6 Å². The number of amides is 1. The molecule has 0 bridgehead atoms. The molecule has 1 amide bonds. The summed E-state index contributed by atoms with van der Waals surface area (Å²) in [4.78, 5) is 21.8. The number of halogens is 2. The lowest BCUT2D eigenvalue weighted by molar-refractivity contribution is 0.0298. The van der Waals surface area contributed by atoms with Gasteiger partial charge in [0.15, 0.2) is 0 Å². The van der Waals surface area contributed by atoms with Gasteiger partial charge in [-0.1, -0.05) is 6.07 Å². The topological polar surface area (TPSA) is 67.4 Å². The van der Waals surface area contributed by atoms with E-state index in [0.717, 1.165) is 12.1 Å². The number of aromatic nitrogens is 2. The van der Waals surface area contributed by atoms with Crippen LogP contribution in [0.15, 0.2) is 30.6 Å². The largest absolute Gasteiger partial charge is 0.378 e. The Kier molecular flexibility index (Phi) is 4.42. The van der Waals surface area contributed by atoms with Crippen molar-refractivity contribution in [2.75, 3.05) is 31.6 Å². The first-order valence-corrected chi connectivity index (χ1v) is 7.05. The van der Waals surface area contributed by atoms with Gasteiger partial charge in [-0.25, -0.2) is 18.7 Å². The van der Waals surface area contributed by atoms with Crippen molar-refractivity contribution in [2.45, 2.75) is 0 Å². The summed E-state index contributed by atoms with van der Waals surface area (Å²) < 4.78 is 32.3. The number of hydrogen-bond donors (Lipinski definition) is 1. The molecule has 0 unspecified atom stereocenters. The highest BCUT2D eigenvalue weighted by molar-refractivity contribution is 5.92. The quantitative estimate of drug-likeness (QED) is 0.936. The predicted octanol–water partition coefficient (Wildman–Crippen LogP) is 1.97. The van der Waals surface area contributed by atoms with Gasteiger partial charge in [-0.05, 0) is 12.1 Å². The van der Waals surface area contributed by atoms with Crippen molar-refractivity contribution >= 4 is 17.4 Å². The van der Waals surface area contributed by atoms with Crippen molar-refractivity contribution in [1.29, 1.82) is 0 Å². The summed E-state index contributed by atoms with van der Waals surface area (Å²) in [6.45, 7) is 1.98. The maximum absolute atomic E-state index is 13.6. The molecule has 1 aromatic carbocycles. The lowest BCUT2D eigenvalue weighted by Gasteiger charge is -2.26. The van der Waals surface area contributed by atoms with E-state index in [1.54, 1.807) is 4.90 Å². The van der Waals surface area contributed by atoms with Gasteiger partial charge in [-0.3, -0.25) is 4.79 Å². The number of morpholine rings is 1. The first-order chi connectivity index (χ1) is 11.1.